The molecule has 1 aliphatic heterocycles. The molecule has 6 N–H and O–H groups in total. The third kappa shape index (κ3) is 6.45. The molecule has 1 aromatic heterocycles. The largest absolute Gasteiger partial charge is 0.507 e. The molecule has 2 heterocycles. The van der Waals surface area contributed by atoms with Gasteiger partial charge in [-0.1, -0.05) is 18.2 Å². The smallest absolute Gasteiger partial charge is 0.251 e. The van der Waals surface area contributed by atoms with Gasteiger partial charge < -0.3 is 26.8 Å². The Hall–Kier alpha value is -4.02. The zero-order valence-electron chi connectivity index (χ0n) is 20.7. The quantitative estimate of drug-likeness (QED) is 0.301. The number of nitrogens with zero attached hydrogens (tertiary/aromatic N) is 1. The lowest BCUT2D eigenvalue weighted by Gasteiger charge is -2.27. The molecule has 0 unspecified atom stereocenters. The maximum Gasteiger partial charge on any atom is 0.251 e. The maximum atomic E-state index is 14.5. The van der Waals surface area contributed by atoms with E-state index in [0.717, 1.165) is 13.0 Å². The molecule has 2 atom stereocenters. The summed E-state index contributed by atoms with van der Waals surface area (Å²) in [4.78, 5) is 42.5. The molecule has 11 heteroatoms. The van der Waals surface area contributed by atoms with Crippen LogP contribution in [0.15, 0.2) is 54.7 Å². The van der Waals surface area contributed by atoms with Crippen LogP contribution in [-0.2, 0) is 0 Å². The van der Waals surface area contributed by atoms with E-state index in [9.17, 15) is 23.9 Å². The summed E-state index contributed by atoms with van der Waals surface area (Å²) >= 11 is 0. The van der Waals surface area contributed by atoms with Crippen LogP contribution in [0.1, 0.15) is 55.0 Å². The summed E-state index contributed by atoms with van der Waals surface area (Å²) in [6.45, 7) is 2.72. The van der Waals surface area contributed by atoms with Crippen molar-refractivity contribution >= 4 is 35.8 Å². The molecule has 0 radical (unpaired) electrons. The van der Waals surface area contributed by atoms with Gasteiger partial charge in [-0.25, -0.2) is 9.37 Å². The molecule has 0 aliphatic carbocycles. The van der Waals surface area contributed by atoms with E-state index in [2.05, 4.69) is 20.9 Å². The second-order valence-corrected chi connectivity index (χ2v) is 8.97. The number of pyridine rings is 1. The Kier molecular flexibility index (Phi) is 9.38. The zero-order chi connectivity index (χ0) is 26.5. The lowest BCUT2D eigenvalue weighted by Crippen LogP contribution is -2.54. The molecule has 0 saturated carbocycles. The Labute approximate surface area is 225 Å². The van der Waals surface area contributed by atoms with E-state index in [1.165, 1.54) is 55.6 Å². The third-order valence-corrected chi connectivity index (χ3v) is 6.34. The van der Waals surface area contributed by atoms with Gasteiger partial charge in [-0.3, -0.25) is 14.4 Å². The van der Waals surface area contributed by atoms with Crippen LogP contribution in [0.5, 0.6) is 5.75 Å². The van der Waals surface area contributed by atoms with Gasteiger partial charge in [0.1, 0.15) is 22.9 Å². The van der Waals surface area contributed by atoms with Gasteiger partial charge in [-0.2, -0.15) is 0 Å². The Morgan fingerprint density at radius 1 is 1.00 bits per heavy atom. The van der Waals surface area contributed by atoms with Crippen molar-refractivity contribution in [2.75, 3.05) is 18.8 Å². The molecule has 1 fully saturated rings. The van der Waals surface area contributed by atoms with E-state index in [-0.39, 0.29) is 53.2 Å². The molecule has 1 aliphatic rings. The van der Waals surface area contributed by atoms with E-state index in [1.807, 2.05) is 0 Å². The van der Waals surface area contributed by atoms with Crippen LogP contribution < -0.4 is 21.7 Å². The number of aromatic nitrogens is 1. The van der Waals surface area contributed by atoms with Gasteiger partial charge in [-0.05, 0) is 62.2 Å². The fraction of sp³-hybridized carbons (Fsp3) is 0.259. The van der Waals surface area contributed by atoms with Gasteiger partial charge in [0.2, 0.25) is 0 Å². The van der Waals surface area contributed by atoms with Gasteiger partial charge in [-0.15, -0.1) is 12.4 Å². The number of phenols is 1. The number of carbonyl (C=O) groups excluding carboxylic acids is 3. The molecule has 38 heavy (non-hydrogen) atoms. The van der Waals surface area contributed by atoms with Crippen LogP contribution in [0.3, 0.4) is 0 Å². The lowest BCUT2D eigenvalue weighted by molar-refractivity contribution is 0.0882. The lowest BCUT2D eigenvalue weighted by atomic mass is 9.98. The summed E-state index contributed by atoms with van der Waals surface area (Å²) in [5, 5.41) is 19.2. The van der Waals surface area contributed by atoms with Gasteiger partial charge in [0, 0.05) is 29.4 Å². The number of halogens is 2. The third-order valence-electron chi connectivity index (χ3n) is 6.34. The first-order valence-electron chi connectivity index (χ1n) is 11.9. The summed E-state index contributed by atoms with van der Waals surface area (Å²) in [5.41, 5.74) is 6.33. The number of aryl methyl sites for hydroxylation is 1. The first kappa shape index (κ1) is 28.5. The van der Waals surface area contributed by atoms with Crippen LogP contribution in [-0.4, -0.2) is 52.9 Å². The van der Waals surface area contributed by atoms with Crippen molar-refractivity contribution in [3.63, 3.8) is 0 Å². The van der Waals surface area contributed by atoms with Crippen molar-refractivity contribution < 1.29 is 23.9 Å². The van der Waals surface area contributed by atoms with E-state index in [4.69, 9.17) is 5.73 Å². The first-order valence-corrected chi connectivity index (χ1v) is 11.9. The highest BCUT2D eigenvalue weighted by Gasteiger charge is 2.28. The number of ketones is 1. The molecule has 3 aromatic rings. The number of anilines is 1. The molecule has 200 valence electrons. The van der Waals surface area contributed by atoms with E-state index in [1.54, 1.807) is 6.07 Å². The van der Waals surface area contributed by atoms with Crippen molar-refractivity contribution in [2.24, 2.45) is 0 Å². The molecular weight excluding hydrogens is 513 g/mol. The Bertz CT molecular complexity index is 1340. The average Bonchev–Trinajstić information content (AvgIpc) is 3.11. The van der Waals surface area contributed by atoms with Crippen LogP contribution in [0.25, 0.3) is 0 Å². The second kappa shape index (κ2) is 12.5. The van der Waals surface area contributed by atoms with Crippen molar-refractivity contribution in [1.82, 2.24) is 20.9 Å². The number of nitrogens with two attached hydrogens (primary N) is 1. The summed E-state index contributed by atoms with van der Waals surface area (Å²) < 4.78 is 14.5. The number of amides is 2. The fourth-order valence-corrected chi connectivity index (χ4v) is 4.27. The maximum absolute atomic E-state index is 14.5. The molecule has 0 spiro atoms. The molecule has 9 nitrogen and oxygen atoms in total. The van der Waals surface area contributed by atoms with E-state index >= 15 is 0 Å². The highest BCUT2D eigenvalue weighted by molar-refractivity contribution is 6.11. The number of nitrogen functional groups attached to an aromatic ring is 1. The predicted octanol–water partition coefficient (Wildman–Crippen LogP) is 2.75. The van der Waals surface area contributed by atoms with E-state index in [0.29, 0.717) is 24.1 Å². The van der Waals surface area contributed by atoms with Crippen molar-refractivity contribution in [3.8, 4) is 5.75 Å². The molecule has 2 amide bonds. The molecule has 4 rings (SSSR count). The van der Waals surface area contributed by atoms with E-state index < -0.39 is 22.9 Å². The predicted molar refractivity (Wildman–Crippen MR) is 143 cm³/mol. The van der Waals surface area contributed by atoms with Gasteiger partial charge in [0.05, 0.1) is 12.1 Å². The van der Waals surface area contributed by atoms with Crippen molar-refractivity contribution in [3.05, 3.63) is 88.4 Å². The van der Waals surface area contributed by atoms with Crippen LogP contribution in [0.2, 0.25) is 0 Å². The van der Waals surface area contributed by atoms with Gasteiger partial charge in [0.15, 0.2) is 5.78 Å². The van der Waals surface area contributed by atoms with Gasteiger partial charge >= 0.3 is 0 Å². The monoisotopic (exact) mass is 541 g/mol. The van der Waals surface area contributed by atoms with Crippen LogP contribution >= 0.6 is 12.4 Å². The molecule has 1 saturated heterocycles. The summed E-state index contributed by atoms with van der Waals surface area (Å²) in [6.07, 6.45) is 2.90. The number of hydrogen-bond acceptors (Lipinski definition) is 7. The summed E-state index contributed by atoms with van der Waals surface area (Å²) in [7, 11) is 0. The number of nitrogens with one attached hydrogen (secondary N) is 3. The Balaban J connectivity index is 0.00000400. The summed E-state index contributed by atoms with van der Waals surface area (Å²) in [5.74, 6) is -2.37. The highest BCUT2D eigenvalue weighted by Crippen LogP contribution is 2.26. The van der Waals surface area contributed by atoms with Crippen molar-refractivity contribution in [1.29, 1.82) is 0 Å². The Morgan fingerprint density at radius 2 is 1.66 bits per heavy atom. The molecular formula is C27H29ClFN5O4. The minimum absolute atomic E-state index is 0. The number of hydrogen-bond donors (Lipinski definition) is 5. The topological polar surface area (TPSA) is 146 Å². The minimum Gasteiger partial charge on any atom is -0.507 e. The van der Waals surface area contributed by atoms with Crippen LogP contribution in [0, 0.1) is 12.7 Å². The molecule has 0 bridgehead atoms. The number of carbonyl (C=O) groups is 3. The number of rotatable bonds is 6. The highest BCUT2D eigenvalue weighted by atomic mass is 35.5. The second-order valence-electron chi connectivity index (χ2n) is 8.97. The zero-order valence-corrected chi connectivity index (χ0v) is 21.5. The minimum atomic E-state index is -0.781. The van der Waals surface area contributed by atoms with Crippen LogP contribution in [0.4, 0.5) is 10.2 Å². The van der Waals surface area contributed by atoms with Crippen molar-refractivity contribution in [2.45, 2.75) is 31.8 Å². The number of aromatic hydroxyl groups is 1. The van der Waals surface area contributed by atoms with Gasteiger partial charge in [0.25, 0.3) is 11.8 Å². The number of phenolic OH excluding ortho intramolecular Hbond substituents is 1. The first-order chi connectivity index (χ1) is 17.7. The average molecular weight is 542 g/mol. The number of benzene rings is 2. The SMILES string of the molecule is Cc1ccc(O)c(C(=O)c2ccc(C(=O)N[C@@H]3CCCNC[C@H]3NC(=O)c3ccnc(N)c3)cc2)c1F.Cl. The molecule has 2 aromatic carbocycles. The summed E-state index contributed by atoms with van der Waals surface area (Å²) in [6, 6.07) is 10.8. The fourth-order valence-electron chi connectivity index (χ4n) is 4.27. The normalized spacial score (nSPS) is 17.0. The standard InChI is InChI=1S/C27H28FN5O4.ClH/c1-15-4-9-21(34)23(24(15)28)25(35)16-5-7-17(8-6-16)26(36)32-19-3-2-11-30-14-20(19)33-27(37)18-10-12-31-22(29)13-18;/h4-10,12-13,19-20,30,34H,2-3,11,14H2,1H3,(H2,29,31)(H,32,36)(H,33,37);1H/t19-,20-;/m1./s1. The Morgan fingerprint density at radius 3 is 2.37 bits per heavy atom.